The molecular formula is C20H26N2O. The highest BCUT2D eigenvalue weighted by molar-refractivity contribution is 5.84. The zero-order valence-electron chi connectivity index (χ0n) is 14.1. The molecule has 122 valence electrons. The van der Waals surface area contributed by atoms with Gasteiger partial charge in [0.2, 0.25) is 5.91 Å². The molecule has 0 spiro atoms. The Morgan fingerprint density at radius 3 is 2.30 bits per heavy atom. The number of rotatable bonds is 8. The highest BCUT2D eigenvalue weighted by atomic mass is 16.2. The van der Waals surface area contributed by atoms with Gasteiger partial charge in [-0.05, 0) is 36.5 Å². The maximum Gasteiger partial charge on any atom is 0.230 e. The lowest BCUT2D eigenvalue weighted by molar-refractivity contribution is -0.133. The summed E-state index contributed by atoms with van der Waals surface area (Å²) in [7, 11) is 0. The molecule has 0 aliphatic rings. The largest absolute Gasteiger partial charge is 0.342 e. The maximum atomic E-state index is 13.1. The van der Waals surface area contributed by atoms with Crippen molar-refractivity contribution < 1.29 is 4.79 Å². The summed E-state index contributed by atoms with van der Waals surface area (Å²) in [5, 5.41) is 0. The summed E-state index contributed by atoms with van der Waals surface area (Å²) in [6.45, 7) is 5.88. The molecule has 0 fully saturated rings. The highest BCUT2D eigenvalue weighted by Gasteiger charge is 2.25. The Bertz CT molecular complexity index is 577. The van der Waals surface area contributed by atoms with Gasteiger partial charge in [0.15, 0.2) is 0 Å². The molecule has 2 rings (SSSR count). The molecule has 1 aromatic carbocycles. The molecule has 0 aliphatic carbocycles. The Kier molecular flexibility index (Phi) is 6.79. The first-order chi connectivity index (χ1) is 11.3. The molecule has 0 saturated carbocycles. The molecule has 0 N–H and O–H groups in total. The van der Waals surface area contributed by atoms with Crippen molar-refractivity contribution in [3.63, 3.8) is 0 Å². The molecule has 0 bridgehead atoms. The zero-order chi connectivity index (χ0) is 16.5. The highest BCUT2D eigenvalue weighted by Crippen LogP contribution is 2.23. The Labute approximate surface area is 139 Å². The number of nitrogens with zero attached hydrogens (tertiary/aromatic N) is 2. The molecule has 0 aliphatic heterocycles. The molecule has 23 heavy (non-hydrogen) atoms. The van der Waals surface area contributed by atoms with E-state index in [-0.39, 0.29) is 11.8 Å². The van der Waals surface area contributed by atoms with E-state index in [1.807, 2.05) is 41.4 Å². The Hall–Kier alpha value is -2.16. The summed E-state index contributed by atoms with van der Waals surface area (Å²) in [5.41, 5.74) is 2.18. The zero-order valence-corrected chi connectivity index (χ0v) is 14.1. The van der Waals surface area contributed by atoms with Gasteiger partial charge in [-0.3, -0.25) is 9.78 Å². The van der Waals surface area contributed by atoms with Gasteiger partial charge in [0.25, 0.3) is 0 Å². The van der Waals surface area contributed by atoms with Crippen LogP contribution in [-0.4, -0.2) is 28.9 Å². The van der Waals surface area contributed by atoms with Crippen molar-refractivity contribution in [1.29, 1.82) is 0 Å². The predicted molar refractivity (Wildman–Crippen MR) is 94.3 cm³/mol. The van der Waals surface area contributed by atoms with Crippen molar-refractivity contribution in [2.24, 2.45) is 0 Å². The summed E-state index contributed by atoms with van der Waals surface area (Å²) in [4.78, 5) is 19.3. The van der Waals surface area contributed by atoms with E-state index in [0.29, 0.717) is 6.42 Å². The van der Waals surface area contributed by atoms with Crippen molar-refractivity contribution in [2.45, 2.75) is 39.0 Å². The van der Waals surface area contributed by atoms with Crippen LogP contribution < -0.4 is 0 Å². The van der Waals surface area contributed by atoms with Crippen molar-refractivity contribution in [3.8, 4) is 0 Å². The van der Waals surface area contributed by atoms with Gasteiger partial charge >= 0.3 is 0 Å². The van der Waals surface area contributed by atoms with E-state index in [1.165, 1.54) is 0 Å². The summed E-state index contributed by atoms with van der Waals surface area (Å²) in [6.07, 6.45) is 6.29. The van der Waals surface area contributed by atoms with Gasteiger partial charge in [0.1, 0.15) is 0 Å². The SMILES string of the molecule is CCCN(CCC)C(=O)C(Cc1cccnc1)c1ccccc1. The Balaban J connectivity index is 2.27. The van der Waals surface area contributed by atoms with E-state index in [4.69, 9.17) is 0 Å². The minimum Gasteiger partial charge on any atom is -0.342 e. The molecule has 3 nitrogen and oxygen atoms in total. The molecule has 0 saturated heterocycles. The van der Waals surface area contributed by atoms with Crippen LogP contribution in [0, 0.1) is 0 Å². The smallest absolute Gasteiger partial charge is 0.230 e. The third-order valence-electron chi connectivity index (χ3n) is 3.96. The number of hydrogen-bond acceptors (Lipinski definition) is 2. The van der Waals surface area contributed by atoms with E-state index < -0.39 is 0 Å². The maximum absolute atomic E-state index is 13.1. The van der Waals surface area contributed by atoms with Crippen LogP contribution in [0.2, 0.25) is 0 Å². The molecule has 1 aromatic heterocycles. The summed E-state index contributed by atoms with van der Waals surface area (Å²) in [6, 6.07) is 14.1. The lowest BCUT2D eigenvalue weighted by atomic mass is 9.91. The third kappa shape index (κ3) is 4.92. The van der Waals surface area contributed by atoms with E-state index in [1.54, 1.807) is 6.20 Å². The quantitative estimate of drug-likeness (QED) is 0.737. The topological polar surface area (TPSA) is 33.2 Å². The first-order valence-electron chi connectivity index (χ1n) is 8.48. The minimum absolute atomic E-state index is 0.140. The fourth-order valence-corrected chi connectivity index (χ4v) is 2.88. The predicted octanol–water partition coefficient (Wildman–Crippen LogP) is 4.06. The molecule has 1 amide bonds. The monoisotopic (exact) mass is 310 g/mol. The number of aromatic nitrogens is 1. The second-order valence-corrected chi connectivity index (χ2v) is 5.85. The average molecular weight is 310 g/mol. The third-order valence-corrected chi connectivity index (χ3v) is 3.96. The summed E-state index contributed by atoms with van der Waals surface area (Å²) < 4.78 is 0. The fourth-order valence-electron chi connectivity index (χ4n) is 2.88. The van der Waals surface area contributed by atoms with Crippen LogP contribution in [-0.2, 0) is 11.2 Å². The number of pyridine rings is 1. The Morgan fingerprint density at radius 1 is 1.04 bits per heavy atom. The molecule has 1 unspecified atom stereocenters. The van der Waals surface area contributed by atoms with Gasteiger partial charge in [-0.25, -0.2) is 0 Å². The molecule has 3 heteroatoms. The summed E-state index contributed by atoms with van der Waals surface area (Å²) in [5.74, 6) is 0.0854. The number of benzene rings is 1. The van der Waals surface area contributed by atoms with Crippen LogP contribution >= 0.6 is 0 Å². The molecule has 1 atom stereocenters. The first-order valence-corrected chi connectivity index (χ1v) is 8.48. The number of carbonyl (C=O) groups excluding carboxylic acids is 1. The van der Waals surface area contributed by atoms with Crippen molar-refractivity contribution in [3.05, 3.63) is 66.0 Å². The number of carbonyl (C=O) groups is 1. The normalized spacial score (nSPS) is 11.9. The van der Waals surface area contributed by atoms with Gasteiger partial charge in [0.05, 0.1) is 5.92 Å². The van der Waals surface area contributed by atoms with Crippen LogP contribution in [0.5, 0.6) is 0 Å². The fraction of sp³-hybridized carbons (Fsp3) is 0.400. The minimum atomic E-state index is -0.140. The standard InChI is InChI=1S/C20H26N2O/c1-3-13-22(14-4-2)20(23)19(18-10-6-5-7-11-18)15-17-9-8-12-21-16-17/h5-12,16,19H,3-4,13-15H2,1-2H3. The van der Waals surface area contributed by atoms with E-state index in [2.05, 4.69) is 31.0 Å². The van der Waals surface area contributed by atoms with Crippen molar-refractivity contribution >= 4 is 5.91 Å². The number of hydrogen-bond donors (Lipinski definition) is 0. The molecule has 1 heterocycles. The lowest BCUT2D eigenvalue weighted by Gasteiger charge is -2.27. The van der Waals surface area contributed by atoms with E-state index in [0.717, 1.165) is 37.1 Å². The van der Waals surface area contributed by atoms with Crippen LogP contribution in [0.15, 0.2) is 54.9 Å². The van der Waals surface area contributed by atoms with Gasteiger partial charge in [-0.2, -0.15) is 0 Å². The Morgan fingerprint density at radius 2 is 1.74 bits per heavy atom. The lowest BCUT2D eigenvalue weighted by Crippen LogP contribution is -2.37. The second kappa shape index (κ2) is 9.09. The van der Waals surface area contributed by atoms with Crippen molar-refractivity contribution in [2.75, 3.05) is 13.1 Å². The van der Waals surface area contributed by atoms with E-state index in [9.17, 15) is 4.79 Å². The van der Waals surface area contributed by atoms with Gasteiger partial charge < -0.3 is 4.90 Å². The van der Waals surface area contributed by atoms with Crippen LogP contribution in [0.3, 0.4) is 0 Å². The first kappa shape index (κ1) is 17.2. The average Bonchev–Trinajstić information content (AvgIpc) is 2.60. The molecule has 0 radical (unpaired) electrons. The van der Waals surface area contributed by atoms with Crippen LogP contribution in [0.25, 0.3) is 0 Å². The van der Waals surface area contributed by atoms with Gasteiger partial charge in [0, 0.05) is 25.5 Å². The van der Waals surface area contributed by atoms with Gasteiger partial charge in [-0.1, -0.05) is 50.2 Å². The summed E-state index contributed by atoms with van der Waals surface area (Å²) >= 11 is 0. The number of amides is 1. The van der Waals surface area contributed by atoms with Crippen LogP contribution in [0.1, 0.15) is 43.7 Å². The van der Waals surface area contributed by atoms with Crippen LogP contribution in [0.4, 0.5) is 0 Å². The van der Waals surface area contributed by atoms with Crippen molar-refractivity contribution in [1.82, 2.24) is 9.88 Å². The van der Waals surface area contributed by atoms with E-state index >= 15 is 0 Å². The molecular weight excluding hydrogens is 284 g/mol. The van der Waals surface area contributed by atoms with Gasteiger partial charge in [-0.15, -0.1) is 0 Å². The molecule has 2 aromatic rings. The second-order valence-electron chi connectivity index (χ2n) is 5.85.